The summed E-state index contributed by atoms with van der Waals surface area (Å²) in [7, 11) is 0. The first kappa shape index (κ1) is 90.7. The lowest BCUT2D eigenvalue weighted by Gasteiger charge is -2.32. The van der Waals surface area contributed by atoms with E-state index in [0.29, 0.717) is 0 Å². The van der Waals surface area contributed by atoms with Gasteiger partial charge in [-0.2, -0.15) is 0 Å². The van der Waals surface area contributed by atoms with E-state index in [-0.39, 0.29) is 0 Å². The highest BCUT2D eigenvalue weighted by Gasteiger charge is 2.30. The standard InChI is InChI=1S/C66H44N2O2S2.C42H28BrNOS.C24H17NOS/c1-6-22-45(23-7-1)54-36-21-37-55(46-24-8-2-9-25-46)66(54)68(51-42-61-65(57-35-17-19-39-59(57)70-61)63(44-51)72-53-32-14-5-15-33-53)49-29-20-28-48(40-49)67(47-26-10-3-11-27-47)50-41-60-64(56-34-16-18-38-58(56)69-60)62(43-50)71-52-30-12-4-13-31-52;43-31-18-12-19-32(26-31)44(42-35(29-14-4-1-5-15-29)23-13-24-36(42)30-16-6-2-7-17-30)33-27-39-41(37-22-10-11-25-38(37)45-39)40(28-33)46-34-20-8-3-9-21-34;1-3-9-17(10-4-1)25-18-15-22-24(20-13-7-8-14-21(20)26-22)23(16-18)27-19-11-5-2-6-12-19/h1-44H;1-28H;1-16,25H. The first-order valence-corrected chi connectivity index (χ1v) is 52.2. The Labute approximate surface area is 865 Å². The van der Waals surface area contributed by atoms with Gasteiger partial charge in [0.05, 0.1) is 28.4 Å². The summed E-state index contributed by atoms with van der Waals surface area (Å²) in [6.45, 7) is 0. The SMILES string of the molecule is Brc1cccc(N(c2cc(Sc3ccccc3)c3c(c2)oc2ccccc23)c2c(-c3ccccc3)cccc2-c2ccccc2)c1.c1ccc(Nc2cc(Sc3ccccc3)c3c(c2)oc2ccccc23)cc1.c1ccc(Sc2cc(N(c3ccccc3)c3cccc(N(c4cc(Sc5ccccc5)c5c(c4)oc4ccccc45)c4c(-c5ccccc5)cccc4-c4ccccc4)c3)cc3oc4ccccc4c23)cc1. The molecule has 0 saturated heterocycles. The van der Waals surface area contributed by atoms with Crippen molar-refractivity contribution in [3.63, 3.8) is 0 Å². The number of hydrogen-bond acceptors (Lipinski definition) is 12. The molecule has 0 amide bonds. The van der Waals surface area contributed by atoms with Crippen molar-refractivity contribution < 1.29 is 17.7 Å². The number of halogens is 1. The maximum Gasteiger partial charge on any atom is 0.138 e. The maximum absolute atomic E-state index is 6.85. The van der Waals surface area contributed by atoms with Gasteiger partial charge in [0, 0.05) is 167 Å². The fourth-order valence-electron chi connectivity index (χ4n) is 19.4. The van der Waals surface area contributed by atoms with Gasteiger partial charge >= 0.3 is 0 Å². The minimum Gasteiger partial charge on any atom is -0.456 e. The number of para-hydroxylation sites is 8. The highest BCUT2D eigenvalue weighted by Crippen LogP contribution is 2.56. The summed E-state index contributed by atoms with van der Waals surface area (Å²) in [4.78, 5) is 16.4. The van der Waals surface area contributed by atoms with E-state index >= 15 is 0 Å². The van der Waals surface area contributed by atoms with E-state index in [2.05, 4.69) is 515 Å². The molecule has 0 aliphatic heterocycles. The Balaban J connectivity index is 0.000000131. The third-order valence-corrected chi connectivity index (χ3v) is 30.4. The molecule has 1 N–H and O–H groups in total. The normalized spacial score (nSPS) is 11.3. The minimum absolute atomic E-state index is 0.820. The molecule has 0 fully saturated rings. The molecule has 0 saturated carbocycles. The van der Waals surface area contributed by atoms with Crippen LogP contribution in [0.4, 0.5) is 62.6 Å². The van der Waals surface area contributed by atoms with Gasteiger partial charge < -0.3 is 37.7 Å². The van der Waals surface area contributed by atoms with Crippen molar-refractivity contribution >= 4 is 213 Å². The predicted octanol–water partition coefficient (Wildman–Crippen LogP) is 40.8. The van der Waals surface area contributed by atoms with Crippen LogP contribution in [0.15, 0.2) is 595 Å². The van der Waals surface area contributed by atoms with E-state index in [9.17, 15) is 0 Å². The molecular weight excluding hydrogens is 1910 g/mol. The monoisotopic (exact) mass is 2000 g/mol. The molecule has 26 rings (SSSR count). The minimum atomic E-state index is 0.820. The zero-order chi connectivity index (χ0) is 96.7. The number of anilines is 11. The van der Waals surface area contributed by atoms with E-state index in [1.165, 1.54) is 14.7 Å². The van der Waals surface area contributed by atoms with E-state index in [1.54, 1.807) is 47.0 Å². The van der Waals surface area contributed by atoms with Crippen LogP contribution < -0.4 is 20.0 Å². The van der Waals surface area contributed by atoms with Gasteiger partial charge in [0.2, 0.25) is 0 Å². The van der Waals surface area contributed by atoms with Gasteiger partial charge in [0.15, 0.2) is 0 Å². The van der Waals surface area contributed by atoms with Crippen molar-refractivity contribution in [1.82, 2.24) is 0 Å². The maximum atomic E-state index is 6.85. The zero-order valence-electron chi connectivity index (χ0n) is 78.3. The Hall–Kier alpha value is -16.9. The van der Waals surface area contributed by atoms with Gasteiger partial charge in [0.1, 0.15) is 44.7 Å². The third kappa shape index (κ3) is 19.1. The molecule has 26 aromatic rings. The molecule has 0 aliphatic rings. The average molecular weight is 2000 g/mol. The topological polar surface area (TPSA) is 74.3 Å². The van der Waals surface area contributed by atoms with Gasteiger partial charge in [-0.25, -0.2) is 0 Å². The number of benzene rings is 22. The van der Waals surface area contributed by atoms with Crippen LogP contribution in [-0.2, 0) is 0 Å². The summed E-state index contributed by atoms with van der Waals surface area (Å²) in [6, 6.07) is 188. The summed E-state index contributed by atoms with van der Waals surface area (Å²) in [5, 5.41) is 12.4. The van der Waals surface area contributed by atoms with Gasteiger partial charge in [-0.1, -0.05) is 415 Å². The summed E-state index contributed by atoms with van der Waals surface area (Å²) in [6.07, 6.45) is 0. The van der Waals surface area contributed by atoms with Crippen molar-refractivity contribution in [1.29, 1.82) is 0 Å². The second kappa shape index (κ2) is 41.4. The summed E-state index contributed by atoms with van der Waals surface area (Å²) in [5.74, 6) is 0. The van der Waals surface area contributed by atoms with Gasteiger partial charge in [-0.05, 0) is 180 Å². The Morgan fingerprint density at radius 2 is 0.434 bits per heavy atom. The first-order valence-electron chi connectivity index (χ1n) is 48.1. The van der Waals surface area contributed by atoms with Crippen LogP contribution in [0.5, 0.6) is 0 Å². The molecule has 13 heteroatoms. The lowest BCUT2D eigenvalue weighted by molar-refractivity contribution is 0.668. The van der Waals surface area contributed by atoms with Crippen LogP contribution in [-0.4, -0.2) is 0 Å². The third-order valence-electron chi connectivity index (χ3n) is 25.7. The van der Waals surface area contributed by atoms with E-state index in [4.69, 9.17) is 17.7 Å². The number of nitrogens with zero attached hydrogens (tertiary/aromatic N) is 3. The molecule has 8 nitrogen and oxygen atoms in total. The Morgan fingerprint density at radius 1 is 0.179 bits per heavy atom. The Morgan fingerprint density at radius 3 is 0.772 bits per heavy atom. The highest BCUT2D eigenvalue weighted by molar-refractivity contribution is 9.10. The van der Waals surface area contributed by atoms with Crippen molar-refractivity contribution in [2.75, 3.05) is 20.0 Å². The molecule has 0 atom stereocenters. The van der Waals surface area contributed by atoms with Crippen LogP contribution in [0.25, 0.3) is 132 Å². The lowest BCUT2D eigenvalue weighted by atomic mass is 9.94. The molecule has 0 radical (unpaired) electrons. The van der Waals surface area contributed by atoms with Crippen molar-refractivity contribution in [2.45, 2.75) is 39.2 Å². The van der Waals surface area contributed by atoms with Crippen LogP contribution in [0, 0.1) is 0 Å². The average Bonchev–Trinajstić information content (AvgIpc) is 1.72. The zero-order valence-corrected chi connectivity index (χ0v) is 83.1. The first-order chi connectivity index (χ1) is 71.8. The van der Waals surface area contributed by atoms with Gasteiger partial charge in [-0.15, -0.1) is 0 Å². The molecule has 692 valence electrons. The molecule has 145 heavy (non-hydrogen) atoms. The quantitative estimate of drug-likeness (QED) is 0.0663. The molecule has 0 aliphatic carbocycles. The summed E-state index contributed by atoms with van der Waals surface area (Å²) < 4.78 is 27.4. The second-order valence-electron chi connectivity index (χ2n) is 35.1. The van der Waals surface area contributed by atoms with Gasteiger partial charge in [-0.3, -0.25) is 0 Å². The largest absolute Gasteiger partial charge is 0.456 e. The molecule has 4 heterocycles. The second-order valence-corrected chi connectivity index (χ2v) is 40.4. The van der Waals surface area contributed by atoms with Crippen LogP contribution in [0.2, 0.25) is 0 Å². The number of furan rings is 4. The Bertz CT molecular complexity index is 9010. The lowest BCUT2D eigenvalue weighted by Crippen LogP contribution is -2.15. The number of rotatable bonds is 23. The van der Waals surface area contributed by atoms with Crippen LogP contribution >= 0.6 is 63.0 Å². The number of hydrogen-bond donors (Lipinski definition) is 1. The van der Waals surface area contributed by atoms with Crippen molar-refractivity contribution in [3.05, 3.63) is 538 Å². The van der Waals surface area contributed by atoms with Crippen LogP contribution in [0.3, 0.4) is 0 Å². The smallest absolute Gasteiger partial charge is 0.138 e. The summed E-state index contributed by atoms with van der Waals surface area (Å²) >= 11 is 10.8. The summed E-state index contributed by atoms with van der Waals surface area (Å²) in [5.41, 5.74) is 27.2. The molecule has 22 aromatic carbocycles. The van der Waals surface area contributed by atoms with E-state index in [1.807, 2.05) is 54.6 Å². The number of fused-ring (bicyclic) bond motifs is 12. The van der Waals surface area contributed by atoms with Crippen LogP contribution in [0.1, 0.15) is 0 Å². The Kier molecular flexibility index (Phi) is 25.9. The highest BCUT2D eigenvalue weighted by atomic mass is 79.9. The fourth-order valence-corrected chi connectivity index (χ4v) is 23.9. The molecule has 0 unspecified atom stereocenters. The van der Waals surface area contributed by atoms with Crippen molar-refractivity contribution in [2.24, 2.45) is 0 Å². The molecule has 4 aromatic heterocycles. The van der Waals surface area contributed by atoms with Crippen molar-refractivity contribution in [3.8, 4) is 44.5 Å². The molecule has 0 bridgehead atoms. The van der Waals surface area contributed by atoms with E-state index in [0.717, 1.165) is 224 Å². The molecule has 0 spiro atoms. The van der Waals surface area contributed by atoms with Gasteiger partial charge in [0.25, 0.3) is 0 Å². The fraction of sp³-hybridized carbons (Fsp3) is 0. The van der Waals surface area contributed by atoms with E-state index < -0.39 is 0 Å². The molecular formula is C132H89BrN4O4S4. The predicted molar refractivity (Wildman–Crippen MR) is 614 cm³/mol. The number of nitrogens with one attached hydrogen (secondary N) is 1.